The minimum atomic E-state index is -4.42. The number of nitrogens with zero attached hydrogens (tertiary/aromatic N) is 6. The summed E-state index contributed by atoms with van der Waals surface area (Å²) < 4.78 is 39.5. The molecule has 0 unspecified atom stereocenters. The summed E-state index contributed by atoms with van der Waals surface area (Å²) in [6.45, 7) is 2.60. The normalized spacial score (nSPS) is 15.1. The highest BCUT2D eigenvalue weighted by Crippen LogP contribution is 2.30. The molecule has 2 heterocycles. The monoisotopic (exact) mass is 456 g/mol. The van der Waals surface area contributed by atoms with Gasteiger partial charge in [-0.3, -0.25) is 19.8 Å². The molecule has 14 heteroatoms. The van der Waals surface area contributed by atoms with Crippen LogP contribution < -0.4 is 0 Å². The van der Waals surface area contributed by atoms with Crippen molar-refractivity contribution in [3.8, 4) is 0 Å². The Bertz CT molecular complexity index is 1050. The number of amides is 1. The van der Waals surface area contributed by atoms with Crippen molar-refractivity contribution in [2.24, 2.45) is 0 Å². The van der Waals surface area contributed by atoms with Crippen molar-refractivity contribution in [2.75, 3.05) is 26.2 Å². The van der Waals surface area contributed by atoms with E-state index in [0.717, 1.165) is 16.8 Å². The van der Waals surface area contributed by atoms with E-state index in [2.05, 4.69) is 5.10 Å². The summed E-state index contributed by atoms with van der Waals surface area (Å²) in [6.07, 6.45) is -4.42. The Morgan fingerprint density at radius 2 is 1.78 bits per heavy atom. The van der Waals surface area contributed by atoms with Crippen LogP contribution >= 0.6 is 0 Å². The molecule has 1 aliphatic heterocycles. The molecule has 11 nitrogen and oxygen atoms in total. The topological polar surface area (TPSA) is 128 Å². The average Bonchev–Trinajstić information content (AvgIpc) is 3.05. The predicted octanol–water partition coefficient (Wildman–Crippen LogP) is 2.37. The number of nitro groups is 2. The Morgan fingerprint density at radius 3 is 2.31 bits per heavy atom. The van der Waals surface area contributed by atoms with Gasteiger partial charge < -0.3 is 15.0 Å². The van der Waals surface area contributed by atoms with Crippen molar-refractivity contribution in [1.82, 2.24) is 19.6 Å². The third-order valence-corrected chi connectivity index (χ3v) is 5.18. The van der Waals surface area contributed by atoms with Crippen LogP contribution in [0.15, 0.2) is 24.3 Å². The van der Waals surface area contributed by atoms with Gasteiger partial charge in [-0.25, -0.2) is 0 Å². The number of aromatic nitrogens is 2. The first-order chi connectivity index (χ1) is 15.0. The zero-order chi connectivity index (χ0) is 23.6. The lowest BCUT2D eigenvalue weighted by atomic mass is 10.1. The van der Waals surface area contributed by atoms with E-state index in [0.29, 0.717) is 38.3 Å². The molecule has 0 N–H and O–H groups in total. The maximum atomic E-state index is 12.9. The molecule has 0 bridgehead atoms. The van der Waals surface area contributed by atoms with Gasteiger partial charge in [-0.15, -0.1) is 0 Å². The lowest BCUT2D eigenvalue weighted by Gasteiger charge is -2.34. The molecule has 0 radical (unpaired) electrons. The summed E-state index contributed by atoms with van der Waals surface area (Å²) in [5.41, 5.74) is -1.07. The molecule has 0 aliphatic carbocycles. The fourth-order valence-electron chi connectivity index (χ4n) is 3.50. The van der Waals surface area contributed by atoms with Gasteiger partial charge in [0, 0.05) is 32.7 Å². The Morgan fingerprint density at radius 1 is 1.12 bits per heavy atom. The SMILES string of the molecule is Cc1c([N+](=O)[O-])c([N+](=O)[O-])nn1CC(=O)N1CCN(Cc2cccc(C(F)(F)F)c2)CC1. The lowest BCUT2D eigenvalue weighted by Crippen LogP contribution is -2.49. The van der Waals surface area contributed by atoms with Gasteiger partial charge in [0.1, 0.15) is 12.2 Å². The van der Waals surface area contributed by atoms with E-state index in [1.807, 2.05) is 4.90 Å². The maximum absolute atomic E-state index is 12.9. The van der Waals surface area contributed by atoms with Gasteiger partial charge in [0.2, 0.25) is 5.91 Å². The highest BCUT2D eigenvalue weighted by Gasteiger charge is 2.36. The number of alkyl halides is 3. The van der Waals surface area contributed by atoms with E-state index in [9.17, 15) is 38.2 Å². The highest BCUT2D eigenvalue weighted by atomic mass is 19.4. The summed E-state index contributed by atoms with van der Waals surface area (Å²) in [5.74, 6) is -1.34. The largest absolute Gasteiger partial charge is 0.468 e. The number of rotatable bonds is 6. The molecule has 0 saturated carbocycles. The smallest absolute Gasteiger partial charge is 0.358 e. The molecule has 2 aromatic rings. The predicted molar refractivity (Wildman–Crippen MR) is 104 cm³/mol. The second kappa shape index (κ2) is 8.90. The zero-order valence-corrected chi connectivity index (χ0v) is 16.9. The number of benzene rings is 1. The fraction of sp³-hybridized carbons (Fsp3) is 0.444. The first-order valence-electron chi connectivity index (χ1n) is 9.50. The molecular formula is C18H19F3N6O5. The van der Waals surface area contributed by atoms with Crippen LogP contribution in [0.5, 0.6) is 0 Å². The Kier molecular flexibility index (Phi) is 6.43. The van der Waals surface area contributed by atoms with E-state index < -0.39 is 45.5 Å². The molecule has 172 valence electrons. The van der Waals surface area contributed by atoms with E-state index in [1.165, 1.54) is 17.9 Å². The summed E-state index contributed by atoms with van der Waals surface area (Å²) >= 11 is 0. The van der Waals surface area contributed by atoms with Crippen molar-refractivity contribution in [3.05, 3.63) is 61.3 Å². The minimum Gasteiger partial charge on any atom is -0.358 e. The summed E-state index contributed by atoms with van der Waals surface area (Å²) in [6, 6.07) is 5.06. The van der Waals surface area contributed by atoms with Crippen molar-refractivity contribution < 1.29 is 27.8 Å². The van der Waals surface area contributed by atoms with Crippen LogP contribution in [-0.2, 0) is 24.1 Å². The second-order valence-corrected chi connectivity index (χ2v) is 7.28. The zero-order valence-electron chi connectivity index (χ0n) is 16.9. The van der Waals surface area contributed by atoms with Crippen LogP contribution in [0.2, 0.25) is 0 Å². The average molecular weight is 456 g/mol. The van der Waals surface area contributed by atoms with Crippen molar-refractivity contribution in [3.63, 3.8) is 0 Å². The molecule has 1 aliphatic rings. The van der Waals surface area contributed by atoms with Crippen LogP contribution in [0.3, 0.4) is 0 Å². The molecular weight excluding hydrogens is 437 g/mol. The van der Waals surface area contributed by atoms with Crippen molar-refractivity contribution in [2.45, 2.75) is 26.2 Å². The quantitative estimate of drug-likeness (QED) is 0.482. The van der Waals surface area contributed by atoms with Gasteiger partial charge in [0.15, 0.2) is 0 Å². The molecule has 0 spiro atoms. The Labute approximate surface area is 179 Å². The molecule has 3 rings (SSSR count). The maximum Gasteiger partial charge on any atom is 0.468 e. The van der Waals surface area contributed by atoms with Crippen molar-refractivity contribution in [1.29, 1.82) is 0 Å². The number of carbonyl (C=O) groups excluding carboxylic acids is 1. The first-order valence-corrected chi connectivity index (χ1v) is 9.50. The fourth-order valence-corrected chi connectivity index (χ4v) is 3.50. The van der Waals surface area contributed by atoms with Gasteiger partial charge >= 0.3 is 17.7 Å². The van der Waals surface area contributed by atoms with Crippen LogP contribution in [0.25, 0.3) is 0 Å². The summed E-state index contributed by atoms with van der Waals surface area (Å²) in [7, 11) is 0. The third-order valence-electron chi connectivity index (χ3n) is 5.18. The van der Waals surface area contributed by atoms with E-state index in [-0.39, 0.29) is 5.69 Å². The molecule has 1 fully saturated rings. The van der Waals surface area contributed by atoms with Crippen LogP contribution in [0.4, 0.5) is 24.7 Å². The minimum absolute atomic E-state index is 0.0989. The van der Waals surface area contributed by atoms with Gasteiger partial charge in [-0.2, -0.15) is 17.9 Å². The Balaban J connectivity index is 1.60. The van der Waals surface area contributed by atoms with Gasteiger partial charge in [-0.05, 0) is 23.5 Å². The highest BCUT2D eigenvalue weighted by molar-refractivity contribution is 5.76. The molecule has 1 aromatic carbocycles. The van der Waals surface area contributed by atoms with E-state index >= 15 is 0 Å². The van der Waals surface area contributed by atoms with Crippen LogP contribution in [0.1, 0.15) is 16.8 Å². The summed E-state index contributed by atoms with van der Waals surface area (Å²) in [5, 5.41) is 25.7. The number of hydrogen-bond acceptors (Lipinski definition) is 7. The molecule has 1 saturated heterocycles. The molecule has 1 amide bonds. The van der Waals surface area contributed by atoms with Crippen LogP contribution in [-0.4, -0.2) is 61.5 Å². The first kappa shape index (κ1) is 23.1. The molecule has 1 aromatic heterocycles. The van der Waals surface area contributed by atoms with Gasteiger partial charge in [0.05, 0.1) is 15.6 Å². The standard InChI is InChI=1S/C18H19F3N6O5/c1-12-16(26(29)30)17(27(31)32)22-25(12)11-15(28)24-7-5-23(6-8-24)10-13-3-2-4-14(9-13)18(19,20)21/h2-4,9H,5-8,10-11H2,1H3. The molecule has 32 heavy (non-hydrogen) atoms. The third kappa shape index (κ3) is 5.01. The second-order valence-electron chi connectivity index (χ2n) is 7.28. The van der Waals surface area contributed by atoms with E-state index in [4.69, 9.17) is 0 Å². The number of halogens is 3. The van der Waals surface area contributed by atoms with Gasteiger partial charge in [-0.1, -0.05) is 18.2 Å². The van der Waals surface area contributed by atoms with Gasteiger partial charge in [0.25, 0.3) is 0 Å². The number of hydrogen-bond donors (Lipinski definition) is 0. The summed E-state index contributed by atoms with van der Waals surface area (Å²) in [4.78, 5) is 36.2. The van der Waals surface area contributed by atoms with Crippen molar-refractivity contribution >= 4 is 17.4 Å². The number of piperazine rings is 1. The lowest BCUT2D eigenvalue weighted by molar-refractivity contribution is -0.424. The van der Waals surface area contributed by atoms with E-state index in [1.54, 1.807) is 6.07 Å². The molecule has 0 atom stereocenters. The van der Waals surface area contributed by atoms with Crippen LogP contribution in [0, 0.1) is 27.2 Å². The Hall–Kier alpha value is -3.55. The number of carbonyl (C=O) groups is 1.